The maximum atomic E-state index is 11.1. The summed E-state index contributed by atoms with van der Waals surface area (Å²) in [6.45, 7) is 1.77. The molecule has 2 rings (SSSR count). The van der Waals surface area contributed by atoms with Crippen molar-refractivity contribution in [2.75, 3.05) is 18.4 Å². The first-order valence-corrected chi connectivity index (χ1v) is 6.37. The zero-order chi connectivity index (χ0) is 13.7. The minimum absolute atomic E-state index is 0.0941. The first-order chi connectivity index (χ1) is 9.22. The Balaban J connectivity index is 2.24. The number of nitriles is 1. The van der Waals surface area contributed by atoms with Crippen LogP contribution in [0.5, 0.6) is 0 Å². The molecule has 19 heavy (non-hydrogen) atoms. The van der Waals surface area contributed by atoms with Gasteiger partial charge in [0.15, 0.2) is 0 Å². The van der Waals surface area contributed by atoms with Crippen LogP contribution in [0.4, 0.5) is 11.4 Å². The average Bonchev–Trinajstić information content (AvgIpc) is 2.66. The van der Waals surface area contributed by atoms with Crippen molar-refractivity contribution in [3.05, 3.63) is 33.9 Å². The molecule has 1 aromatic rings. The first kappa shape index (κ1) is 13.3. The third kappa shape index (κ3) is 3.20. The summed E-state index contributed by atoms with van der Waals surface area (Å²) < 4.78 is 0. The van der Waals surface area contributed by atoms with E-state index in [1.807, 2.05) is 6.07 Å². The Morgan fingerprint density at radius 3 is 3.05 bits per heavy atom. The highest BCUT2D eigenvalue weighted by Gasteiger charge is 2.22. The van der Waals surface area contributed by atoms with Crippen molar-refractivity contribution in [2.24, 2.45) is 0 Å². The van der Waals surface area contributed by atoms with Gasteiger partial charge in [-0.05, 0) is 31.5 Å². The van der Waals surface area contributed by atoms with E-state index in [0.717, 1.165) is 32.4 Å². The Labute approximate surface area is 111 Å². The lowest BCUT2D eigenvalue weighted by atomic mass is 10.1. The van der Waals surface area contributed by atoms with Crippen molar-refractivity contribution in [1.29, 1.82) is 5.26 Å². The Morgan fingerprint density at radius 2 is 2.32 bits per heavy atom. The molecule has 1 saturated heterocycles. The van der Waals surface area contributed by atoms with Gasteiger partial charge in [0.05, 0.1) is 4.92 Å². The van der Waals surface area contributed by atoms with Crippen LogP contribution in [0.1, 0.15) is 24.8 Å². The molecule has 6 heteroatoms. The van der Waals surface area contributed by atoms with E-state index >= 15 is 0 Å². The molecule has 0 amide bonds. The maximum absolute atomic E-state index is 11.1. The lowest BCUT2D eigenvalue weighted by Crippen LogP contribution is -2.31. The lowest BCUT2D eigenvalue weighted by Gasteiger charge is -2.17. The van der Waals surface area contributed by atoms with Gasteiger partial charge in [-0.2, -0.15) is 5.26 Å². The second kappa shape index (κ2) is 6.16. The van der Waals surface area contributed by atoms with Crippen molar-refractivity contribution in [1.82, 2.24) is 5.32 Å². The summed E-state index contributed by atoms with van der Waals surface area (Å²) in [6.07, 6.45) is 3.19. The van der Waals surface area contributed by atoms with E-state index in [-0.39, 0.29) is 17.3 Å². The lowest BCUT2D eigenvalue weighted by molar-refractivity contribution is -0.384. The van der Waals surface area contributed by atoms with Gasteiger partial charge in [-0.15, -0.1) is 0 Å². The number of anilines is 1. The van der Waals surface area contributed by atoms with Gasteiger partial charge in [-0.3, -0.25) is 10.1 Å². The molecule has 1 heterocycles. The fraction of sp³-hybridized carbons (Fsp3) is 0.462. The van der Waals surface area contributed by atoms with Crippen molar-refractivity contribution in [3.63, 3.8) is 0 Å². The number of nitrogens with one attached hydrogen (secondary N) is 2. The van der Waals surface area contributed by atoms with Gasteiger partial charge in [-0.1, -0.05) is 12.5 Å². The van der Waals surface area contributed by atoms with Crippen LogP contribution in [0.2, 0.25) is 0 Å². The summed E-state index contributed by atoms with van der Waals surface area (Å²) >= 11 is 0. The highest BCUT2D eigenvalue weighted by atomic mass is 16.6. The molecule has 1 aliphatic heterocycles. The van der Waals surface area contributed by atoms with Crippen molar-refractivity contribution >= 4 is 11.4 Å². The molecule has 0 aromatic heterocycles. The third-order valence-corrected chi connectivity index (χ3v) is 3.25. The van der Waals surface area contributed by atoms with Gasteiger partial charge in [0.2, 0.25) is 0 Å². The normalized spacial score (nSPS) is 19.2. The Kier molecular flexibility index (Phi) is 4.31. The van der Waals surface area contributed by atoms with E-state index in [9.17, 15) is 10.1 Å². The van der Waals surface area contributed by atoms with E-state index < -0.39 is 4.92 Å². The first-order valence-electron chi connectivity index (χ1n) is 6.37. The molecule has 1 aromatic carbocycles. The number of benzene rings is 1. The summed E-state index contributed by atoms with van der Waals surface area (Å²) in [5.74, 6) is 0. The van der Waals surface area contributed by atoms with Crippen LogP contribution in [0.3, 0.4) is 0 Å². The van der Waals surface area contributed by atoms with Gasteiger partial charge in [0.1, 0.15) is 17.3 Å². The number of hydrogen-bond acceptors (Lipinski definition) is 5. The van der Waals surface area contributed by atoms with Crippen molar-refractivity contribution < 1.29 is 4.92 Å². The number of nitro benzene ring substituents is 1. The molecule has 0 radical (unpaired) electrons. The molecule has 1 aliphatic rings. The summed E-state index contributed by atoms with van der Waals surface area (Å²) in [6, 6.07) is 6.82. The molecular weight excluding hydrogens is 244 g/mol. The van der Waals surface area contributed by atoms with Crippen LogP contribution in [0.15, 0.2) is 18.2 Å². The predicted octanol–water partition coefficient (Wildman–Crippen LogP) is 2.02. The number of rotatable bonds is 3. The van der Waals surface area contributed by atoms with Crippen LogP contribution < -0.4 is 10.6 Å². The Morgan fingerprint density at radius 1 is 1.47 bits per heavy atom. The number of hydrogen-bond donors (Lipinski definition) is 2. The zero-order valence-corrected chi connectivity index (χ0v) is 10.6. The maximum Gasteiger partial charge on any atom is 0.309 e. The summed E-state index contributed by atoms with van der Waals surface area (Å²) in [5, 5.41) is 26.5. The Bertz CT molecular complexity index is 502. The minimum atomic E-state index is -0.495. The highest BCUT2D eigenvalue weighted by Crippen LogP contribution is 2.29. The van der Waals surface area contributed by atoms with E-state index in [0.29, 0.717) is 5.69 Å². The molecule has 1 unspecified atom stereocenters. The molecule has 6 nitrogen and oxygen atoms in total. The van der Waals surface area contributed by atoms with Crippen LogP contribution in [-0.4, -0.2) is 24.1 Å². The van der Waals surface area contributed by atoms with E-state index in [1.54, 1.807) is 12.1 Å². The van der Waals surface area contributed by atoms with Crippen molar-refractivity contribution in [2.45, 2.75) is 25.3 Å². The van der Waals surface area contributed by atoms with E-state index in [4.69, 9.17) is 5.26 Å². The molecule has 1 fully saturated rings. The number of nitro groups is 1. The fourth-order valence-corrected chi connectivity index (χ4v) is 2.31. The zero-order valence-electron chi connectivity index (χ0n) is 10.6. The standard InChI is InChI=1S/C13H16N4O2/c14-8-10-4-3-6-12(13(10)17(18)19)16-11-5-1-2-7-15-9-11/h3-4,6,11,15-16H,1-2,5,7,9H2. The molecule has 0 aliphatic carbocycles. The smallest absolute Gasteiger partial charge is 0.309 e. The Hall–Kier alpha value is -2.13. The van der Waals surface area contributed by atoms with Gasteiger partial charge in [0.25, 0.3) is 0 Å². The molecule has 0 spiro atoms. The van der Waals surface area contributed by atoms with Gasteiger partial charge in [0, 0.05) is 12.6 Å². The molecule has 2 N–H and O–H groups in total. The molecule has 1 atom stereocenters. The number of nitrogens with zero attached hydrogens (tertiary/aromatic N) is 2. The molecular formula is C13H16N4O2. The predicted molar refractivity (Wildman–Crippen MR) is 71.9 cm³/mol. The SMILES string of the molecule is N#Cc1cccc(NC2CCCCNC2)c1[N+](=O)[O-]. The summed E-state index contributed by atoms with van der Waals surface area (Å²) in [5.41, 5.74) is 0.392. The van der Waals surface area contributed by atoms with Crippen LogP contribution in [-0.2, 0) is 0 Å². The molecule has 100 valence electrons. The molecule has 0 bridgehead atoms. The fourth-order valence-electron chi connectivity index (χ4n) is 2.31. The van der Waals surface area contributed by atoms with Gasteiger partial charge in [-0.25, -0.2) is 0 Å². The van der Waals surface area contributed by atoms with Gasteiger partial charge >= 0.3 is 5.69 Å². The second-order valence-electron chi connectivity index (χ2n) is 4.61. The quantitative estimate of drug-likeness (QED) is 0.641. The number of para-hydroxylation sites is 1. The third-order valence-electron chi connectivity index (χ3n) is 3.25. The monoisotopic (exact) mass is 260 g/mol. The van der Waals surface area contributed by atoms with Crippen LogP contribution >= 0.6 is 0 Å². The topological polar surface area (TPSA) is 91.0 Å². The minimum Gasteiger partial charge on any atom is -0.375 e. The second-order valence-corrected chi connectivity index (χ2v) is 4.61. The molecule has 0 saturated carbocycles. The highest BCUT2D eigenvalue weighted by molar-refractivity contribution is 5.68. The largest absolute Gasteiger partial charge is 0.375 e. The summed E-state index contributed by atoms with van der Waals surface area (Å²) in [4.78, 5) is 10.6. The average molecular weight is 260 g/mol. The summed E-state index contributed by atoms with van der Waals surface area (Å²) in [7, 11) is 0. The van der Waals surface area contributed by atoms with Gasteiger partial charge < -0.3 is 10.6 Å². The van der Waals surface area contributed by atoms with Crippen LogP contribution in [0, 0.1) is 21.4 Å². The van der Waals surface area contributed by atoms with E-state index in [2.05, 4.69) is 10.6 Å². The van der Waals surface area contributed by atoms with Crippen LogP contribution in [0.25, 0.3) is 0 Å². The van der Waals surface area contributed by atoms with Crippen molar-refractivity contribution in [3.8, 4) is 6.07 Å². The van der Waals surface area contributed by atoms with E-state index in [1.165, 1.54) is 6.07 Å².